The molecule has 0 atom stereocenters. The maximum Gasteiger partial charge on any atom is 0.282 e. The zero-order valence-corrected chi connectivity index (χ0v) is 13.2. The number of aliphatic hydroxyl groups is 1. The van der Waals surface area contributed by atoms with Crippen molar-refractivity contribution in [1.82, 2.24) is 13.5 Å². The first kappa shape index (κ1) is 16.2. The van der Waals surface area contributed by atoms with Crippen molar-refractivity contribution < 1.29 is 13.5 Å². The quantitative estimate of drug-likeness (QED) is 0.774. The molecule has 0 amide bonds. The summed E-state index contributed by atoms with van der Waals surface area (Å²) in [4.78, 5) is 2.32. The van der Waals surface area contributed by atoms with Crippen molar-refractivity contribution in [2.75, 3.05) is 52.4 Å². The predicted octanol–water partition coefficient (Wildman–Crippen LogP) is -0.0369. The molecule has 2 fully saturated rings. The Morgan fingerprint density at radius 2 is 1.55 bits per heavy atom. The van der Waals surface area contributed by atoms with Gasteiger partial charge in [0.15, 0.2) is 0 Å². The standard InChI is InChI=1S/C13H27N3O3S/c1-2-5-14-8-10-16(11-9-14)20(18,19)15-6-3-13(12-17)4-7-15/h13,17H,2-12H2,1H3. The van der Waals surface area contributed by atoms with E-state index >= 15 is 0 Å². The highest BCUT2D eigenvalue weighted by Crippen LogP contribution is 2.21. The third kappa shape index (κ3) is 3.71. The molecule has 0 spiro atoms. The Morgan fingerprint density at radius 1 is 1.00 bits per heavy atom. The Morgan fingerprint density at radius 3 is 2.05 bits per heavy atom. The van der Waals surface area contributed by atoms with E-state index in [4.69, 9.17) is 5.11 Å². The second-order valence-corrected chi connectivity index (χ2v) is 7.70. The molecular weight excluding hydrogens is 278 g/mol. The van der Waals surface area contributed by atoms with Crippen molar-refractivity contribution >= 4 is 10.2 Å². The van der Waals surface area contributed by atoms with E-state index in [0.29, 0.717) is 26.2 Å². The molecule has 0 unspecified atom stereocenters. The van der Waals surface area contributed by atoms with Crippen molar-refractivity contribution in [2.45, 2.75) is 26.2 Å². The van der Waals surface area contributed by atoms with Gasteiger partial charge in [0.05, 0.1) is 0 Å². The van der Waals surface area contributed by atoms with Gasteiger partial charge in [0.2, 0.25) is 0 Å². The molecule has 2 aliphatic rings. The van der Waals surface area contributed by atoms with E-state index in [-0.39, 0.29) is 12.5 Å². The lowest BCUT2D eigenvalue weighted by Crippen LogP contribution is -2.54. The van der Waals surface area contributed by atoms with E-state index in [1.807, 2.05) is 0 Å². The number of rotatable bonds is 5. The molecule has 20 heavy (non-hydrogen) atoms. The fourth-order valence-electron chi connectivity index (χ4n) is 2.99. The zero-order valence-electron chi connectivity index (χ0n) is 12.4. The molecule has 2 rings (SSSR count). The third-order valence-corrected chi connectivity index (χ3v) is 6.39. The molecule has 1 N–H and O–H groups in total. The van der Waals surface area contributed by atoms with E-state index in [1.165, 1.54) is 0 Å². The molecule has 0 aromatic carbocycles. The highest BCUT2D eigenvalue weighted by Gasteiger charge is 2.34. The van der Waals surface area contributed by atoms with Crippen LogP contribution in [0, 0.1) is 5.92 Å². The van der Waals surface area contributed by atoms with Gasteiger partial charge in [-0.15, -0.1) is 0 Å². The van der Waals surface area contributed by atoms with Crippen LogP contribution >= 0.6 is 0 Å². The minimum Gasteiger partial charge on any atom is -0.396 e. The highest BCUT2D eigenvalue weighted by molar-refractivity contribution is 7.86. The van der Waals surface area contributed by atoms with E-state index < -0.39 is 10.2 Å². The Balaban J connectivity index is 1.88. The Labute approximate surface area is 122 Å². The number of nitrogens with zero attached hydrogens (tertiary/aromatic N) is 3. The summed E-state index contributed by atoms with van der Waals surface area (Å²) in [5, 5.41) is 9.12. The van der Waals surface area contributed by atoms with Crippen LogP contribution in [-0.4, -0.2) is 79.5 Å². The first-order valence-electron chi connectivity index (χ1n) is 7.66. The van der Waals surface area contributed by atoms with Gasteiger partial charge in [0, 0.05) is 45.9 Å². The molecule has 7 heteroatoms. The van der Waals surface area contributed by atoms with Crippen LogP contribution in [0.5, 0.6) is 0 Å². The Hall–Kier alpha value is -0.210. The smallest absolute Gasteiger partial charge is 0.282 e. The lowest BCUT2D eigenvalue weighted by molar-refractivity contribution is 0.155. The van der Waals surface area contributed by atoms with Gasteiger partial charge in [-0.25, -0.2) is 0 Å². The van der Waals surface area contributed by atoms with Crippen molar-refractivity contribution in [2.24, 2.45) is 5.92 Å². The summed E-state index contributed by atoms with van der Waals surface area (Å²) in [6.45, 7) is 7.32. The second-order valence-electron chi connectivity index (χ2n) is 5.77. The molecule has 0 radical (unpaired) electrons. The van der Waals surface area contributed by atoms with Crippen LogP contribution in [0.4, 0.5) is 0 Å². The van der Waals surface area contributed by atoms with Crippen LogP contribution in [0.15, 0.2) is 0 Å². The fourth-order valence-corrected chi connectivity index (χ4v) is 4.61. The number of hydrogen-bond donors (Lipinski definition) is 1. The zero-order chi connectivity index (χ0) is 14.6. The van der Waals surface area contributed by atoms with Crippen LogP contribution in [0.25, 0.3) is 0 Å². The topological polar surface area (TPSA) is 64.1 Å². The average Bonchev–Trinajstić information content (AvgIpc) is 2.48. The van der Waals surface area contributed by atoms with E-state index in [0.717, 1.165) is 38.9 Å². The molecular formula is C13H27N3O3S. The molecule has 6 nitrogen and oxygen atoms in total. The largest absolute Gasteiger partial charge is 0.396 e. The number of hydrogen-bond acceptors (Lipinski definition) is 4. The molecule has 0 bridgehead atoms. The maximum atomic E-state index is 12.6. The number of piperazine rings is 1. The monoisotopic (exact) mass is 305 g/mol. The lowest BCUT2D eigenvalue weighted by atomic mass is 10.00. The van der Waals surface area contributed by atoms with Crippen molar-refractivity contribution in [3.63, 3.8) is 0 Å². The molecule has 118 valence electrons. The van der Waals surface area contributed by atoms with Crippen molar-refractivity contribution in [1.29, 1.82) is 0 Å². The predicted molar refractivity (Wildman–Crippen MR) is 78.6 cm³/mol. The summed E-state index contributed by atoms with van der Waals surface area (Å²) in [6.07, 6.45) is 2.65. The van der Waals surface area contributed by atoms with Crippen LogP contribution in [0.3, 0.4) is 0 Å². The van der Waals surface area contributed by atoms with Gasteiger partial charge >= 0.3 is 0 Å². The lowest BCUT2D eigenvalue weighted by Gasteiger charge is -2.38. The van der Waals surface area contributed by atoms with Gasteiger partial charge in [-0.3, -0.25) is 0 Å². The average molecular weight is 305 g/mol. The van der Waals surface area contributed by atoms with E-state index in [2.05, 4.69) is 11.8 Å². The SMILES string of the molecule is CCCN1CCN(S(=O)(=O)N2CCC(CO)CC2)CC1. The van der Waals surface area contributed by atoms with E-state index in [1.54, 1.807) is 8.61 Å². The molecule has 2 heterocycles. The summed E-state index contributed by atoms with van der Waals surface area (Å²) < 4.78 is 28.4. The van der Waals surface area contributed by atoms with Gasteiger partial charge in [0.25, 0.3) is 10.2 Å². The van der Waals surface area contributed by atoms with Crippen molar-refractivity contribution in [3.05, 3.63) is 0 Å². The third-order valence-electron chi connectivity index (χ3n) is 4.36. The maximum absolute atomic E-state index is 12.6. The summed E-state index contributed by atoms with van der Waals surface area (Å²) in [7, 11) is -3.30. The Kier molecular flexibility index (Phi) is 5.80. The van der Waals surface area contributed by atoms with Crippen LogP contribution in [0.2, 0.25) is 0 Å². The van der Waals surface area contributed by atoms with Gasteiger partial charge < -0.3 is 10.0 Å². The second kappa shape index (κ2) is 7.17. The fraction of sp³-hybridized carbons (Fsp3) is 1.00. The number of piperidine rings is 1. The van der Waals surface area contributed by atoms with Crippen LogP contribution in [0.1, 0.15) is 26.2 Å². The molecule has 2 aliphatic heterocycles. The van der Waals surface area contributed by atoms with Gasteiger partial charge in [-0.2, -0.15) is 17.0 Å². The van der Waals surface area contributed by atoms with Gasteiger partial charge in [-0.1, -0.05) is 6.92 Å². The van der Waals surface area contributed by atoms with Crippen LogP contribution in [-0.2, 0) is 10.2 Å². The minimum atomic E-state index is -3.30. The molecule has 2 saturated heterocycles. The minimum absolute atomic E-state index is 0.170. The van der Waals surface area contributed by atoms with E-state index in [9.17, 15) is 8.42 Å². The molecule has 0 saturated carbocycles. The number of aliphatic hydroxyl groups excluding tert-OH is 1. The molecule has 0 aromatic rings. The molecule has 0 aliphatic carbocycles. The van der Waals surface area contributed by atoms with Crippen molar-refractivity contribution in [3.8, 4) is 0 Å². The highest BCUT2D eigenvalue weighted by atomic mass is 32.2. The first-order chi connectivity index (χ1) is 9.57. The van der Waals surface area contributed by atoms with Crippen LogP contribution < -0.4 is 0 Å². The van der Waals surface area contributed by atoms with Gasteiger partial charge in [0.1, 0.15) is 0 Å². The summed E-state index contributed by atoms with van der Waals surface area (Å²) in [6, 6.07) is 0. The summed E-state index contributed by atoms with van der Waals surface area (Å²) in [5.74, 6) is 0.267. The molecule has 0 aromatic heterocycles. The Bertz CT molecular complexity index is 386. The van der Waals surface area contributed by atoms with Gasteiger partial charge in [-0.05, 0) is 31.7 Å². The normalized spacial score (nSPS) is 25.1. The first-order valence-corrected chi connectivity index (χ1v) is 9.06. The summed E-state index contributed by atoms with van der Waals surface area (Å²) >= 11 is 0. The summed E-state index contributed by atoms with van der Waals surface area (Å²) in [5.41, 5.74) is 0.